The first-order valence-corrected chi connectivity index (χ1v) is 10.3. The van der Waals surface area contributed by atoms with E-state index in [-0.39, 0.29) is 11.9 Å². The zero-order valence-electron chi connectivity index (χ0n) is 12.3. The third-order valence-electron chi connectivity index (χ3n) is 2.91. The fraction of sp³-hybridized carbons (Fsp3) is 0.125. The van der Waals surface area contributed by atoms with Gasteiger partial charge in [0.25, 0.3) is 0 Å². The summed E-state index contributed by atoms with van der Waals surface area (Å²) in [7, 11) is 2.71. The van der Waals surface area contributed by atoms with Gasteiger partial charge in [0.05, 0.1) is 0 Å². The van der Waals surface area contributed by atoms with Gasteiger partial charge in [-0.2, -0.15) is 0 Å². The SMILES string of the molecule is COC(=O)c1cc(Br)ccc1[Te]c1ccc(Br)cc1C(=O)OC. The Morgan fingerprint density at radius 2 is 1.22 bits per heavy atom. The Morgan fingerprint density at radius 1 is 0.826 bits per heavy atom. The summed E-state index contributed by atoms with van der Waals surface area (Å²) in [4.78, 5) is 24.0. The van der Waals surface area contributed by atoms with Crippen LogP contribution in [0.5, 0.6) is 0 Å². The average molecular weight is 556 g/mol. The van der Waals surface area contributed by atoms with E-state index in [1.165, 1.54) is 14.2 Å². The predicted octanol–water partition coefficient (Wildman–Crippen LogP) is 2.44. The van der Waals surface area contributed by atoms with Crippen LogP contribution in [-0.2, 0) is 9.47 Å². The van der Waals surface area contributed by atoms with E-state index in [0.29, 0.717) is 11.1 Å². The van der Waals surface area contributed by atoms with Crippen LogP contribution in [0, 0.1) is 0 Å². The fourth-order valence-corrected chi connectivity index (χ4v) is 5.45. The van der Waals surface area contributed by atoms with Crippen molar-refractivity contribution in [3.05, 3.63) is 56.5 Å². The standard InChI is InChI=1S/C16H12Br2O4Te/c1-21-15(19)11-7-9(17)3-5-13(11)23-14-6-4-10(18)8-12(14)16(20)22-2/h3-8H,1-2H3. The van der Waals surface area contributed by atoms with E-state index < -0.39 is 20.9 Å². The molecule has 0 amide bonds. The maximum atomic E-state index is 12.0. The molecule has 0 radical (unpaired) electrons. The number of esters is 2. The zero-order valence-corrected chi connectivity index (χ0v) is 17.8. The van der Waals surface area contributed by atoms with Gasteiger partial charge in [-0.3, -0.25) is 0 Å². The molecule has 2 rings (SSSR count). The Kier molecular flexibility index (Phi) is 6.66. The topological polar surface area (TPSA) is 52.6 Å². The molecule has 0 aliphatic carbocycles. The average Bonchev–Trinajstić information content (AvgIpc) is 2.56. The number of carbonyl (C=O) groups excluding carboxylic acids is 2. The van der Waals surface area contributed by atoms with Crippen molar-refractivity contribution < 1.29 is 19.1 Å². The van der Waals surface area contributed by atoms with Crippen LogP contribution >= 0.6 is 31.9 Å². The van der Waals surface area contributed by atoms with Crippen molar-refractivity contribution >= 4 is 71.9 Å². The number of methoxy groups -OCH3 is 2. The molecule has 0 saturated carbocycles. The molecule has 2 aromatic rings. The fourth-order valence-electron chi connectivity index (χ4n) is 1.84. The number of hydrogen-bond donors (Lipinski definition) is 0. The second-order valence-electron chi connectivity index (χ2n) is 4.37. The van der Waals surface area contributed by atoms with Gasteiger partial charge in [-0.1, -0.05) is 0 Å². The van der Waals surface area contributed by atoms with Gasteiger partial charge < -0.3 is 0 Å². The Morgan fingerprint density at radius 3 is 1.57 bits per heavy atom. The van der Waals surface area contributed by atoms with Crippen molar-refractivity contribution in [2.75, 3.05) is 14.2 Å². The molecular formula is C16H12Br2O4Te. The minimum absolute atomic E-state index is 0.386. The molecule has 0 fully saturated rings. The van der Waals surface area contributed by atoms with E-state index in [9.17, 15) is 9.59 Å². The molecule has 0 saturated heterocycles. The predicted molar refractivity (Wildman–Crippen MR) is 96.0 cm³/mol. The van der Waals surface area contributed by atoms with Crippen molar-refractivity contribution in [3.63, 3.8) is 0 Å². The van der Waals surface area contributed by atoms with Crippen molar-refractivity contribution in [1.29, 1.82) is 0 Å². The van der Waals surface area contributed by atoms with Gasteiger partial charge in [0.15, 0.2) is 0 Å². The second kappa shape index (κ2) is 8.29. The molecule has 120 valence electrons. The zero-order chi connectivity index (χ0) is 17.0. The number of rotatable bonds is 4. The summed E-state index contributed by atoms with van der Waals surface area (Å²) in [6.07, 6.45) is 0. The van der Waals surface area contributed by atoms with Crippen molar-refractivity contribution in [2.24, 2.45) is 0 Å². The summed E-state index contributed by atoms with van der Waals surface area (Å²) in [6.45, 7) is 0. The summed E-state index contributed by atoms with van der Waals surface area (Å²) < 4.78 is 13.1. The van der Waals surface area contributed by atoms with Gasteiger partial charge in [-0.25, -0.2) is 0 Å². The van der Waals surface area contributed by atoms with Crippen LogP contribution in [0.15, 0.2) is 45.3 Å². The molecule has 0 atom stereocenters. The molecule has 0 aromatic heterocycles. The van der Waals surface area contributed by atoms with Crippen molar-refractivity contribution in [2.45, 2.75) is 0 Å². The van der Waals surface area contributed by atoms with Crippen LogP contribution < -0.4 is 7.22 Å². The van der Waals surface area contributed by atoms with Crippen LogP contribution in [0.3, 0.4) is 0 Å². The molecule has 0 N–H and O–H groups in total. The molecule has 0 aliphatic heterocycles. The summed E-state index contributed by atoms with van der Waals surface area (Å²) >= 11 is 5.75. The first-order valence-electron chi connectivity index (χ1n) is 6.40. The molecule has 7 heteroatoms. The van der Waals surface area contributed by atoms with E-state index >= 15 is 0 Å². The Labute approximate surface area is 160 Å². The van der Waals surface area contributed by atoms with E-state index in [0.717, 1.165) is 16.2 Å². The van der Waals surface area contributed by atoms with E-state index in [1.54, 1.807) is 12.1 Å². The number of ether oxygens (including phenoxy) is 2. The summed E-state index contributed by atoms with van der Waals surface area (Å²) in [5, 5.41) is 0. The number of hydrogen-bond acceptors (Lipinski definition) is 4. The quantitative estimate of drug-likeness (QED) is 0.430. The molecular weight excluding hydrogens is 544 g/mol. The van der Waals surface area contributed by atoms with Gasteiger partial charge >= 0.3 is 162 Å². The van der Waals surface area contributed by atoms with E-state index in [2.05, 4.69) is 31.9 Å². The number of carbonyl (C=O) groups is 2. The molecule has 0 aliphatic rings. The molecule has 0 spiro atoms. The Bertz CT molecular complexity index is 698. The number of benzene rings is 2. The van der Waals surface area contributed by atoms with E-state index in [4.69, 9.17) is 9.47 Å². The third kappa shape index (κ3) is 4.57. The Hall–Kier alpha value is -0.870. The minimum atomic E-state index is -0.977. The monoisotopic (exact) mass is 556 g/mol. The van der Waals surface area contributed by atoms with Gasteiger partial charge in [0.2, 0.25) is 0 Å². The van der Waals surface area contributed by atoms with Gasteiger partial charge in [0.1, 0.15) is 0 Å². The second-order valence-corrected chi connectivity index (χ2v) is 9.29. The molecule has 4 nitrogen and oxygen atoms in total. The summed E-state index contributed by atoms with van der Waals surface area (Å²) in [5.74, 6) is -0.772. The molecule has 0 bridgehead atoms. The van der Waals surface area contributed by atoms with Crippen LogP contribution in [0.2, 0.25) is 0 Å². The third-order valence-corrected chi connectivity index (χ3v) is 7.19. The van der Waals surface area contributed by atoms with Crippen molar-refractivity contribution in [1.82, 2.24) is 0 Å². The van der Waals surface area contributed by atoms with Gasteiger partial charge in [-0.15, -0.1) is 0 Å². The maximum absolute atomic E-state index is 12.0. The normalized spacial score (nSPS) is 10.3. The molecule has 2 aromatic carbocycles. The molecule has 0 heterocycles. The van der Waals surface area contributed by atoms with Crippen LogP contribution in [0.1, 0.15) is 20.7 Å². The van der Waals surface area contributed by atoms with Crippen LogP contribution in [0.25, 0.3) is 0 Å². The molecule has 23 heavy (non-hydrogen) atoms. The Balaban J connectivity index is 2.48. The van der Waals surface area contributed by atoms with Gasteiger partial charge in [0, 0.05) is 0 Å². The summed E-state index contributed by atoms with van der Waals surface area (Å²) in [5.41, 5.74) is 1.03. The van der Waals surface area contributed by atoms with Crippen molar-refractivity contribution in [3.8, 4) is 0 Å². The van der Waals surface area contributed by atoms with Gasteiger partial charge in [-0.05, 0) is 0 Å². The first kappa shape index (κ1) is 18.5. The first-order chi connectivity index (χ1) is 11.0. The molecule has 0 unspecified atom stereocenters. The van der Waals surface area contributed by atoms with Crippen LogP contribution in [0.4, 0.5) is 0 Å². The van der Waals surface area contributed by atoms with E-state index in [1.807, 2.05) is 24.3 Å². The number of halogens is 2. The van der Waals surface area contributed by atoms with Crippen LogP contribution in [-0.4, -0.2) is 47.1 Å². The summed E-state index contributed by atoms with van der Waals surface area (Å²) in [6, 6.07) is 11.0.